The molecule has 0 spiro atoms. The molecule has 1 aromatic heterocycles. The highest BCUT2D eigenvalue weighted by Gasteiger charge is 2.04. The molecule has 0 bridgehead atoms. The standard InChI is InChI=1S/C13H12N2O/c16-15-13(12-6-8-14-9-7-12)10-11-4-2-1-3-5-11/h1-9,16H,10H2/b15-13-. The van der Waals surface area contributed by atoms with Gasteiger partial charge in [0.1, 0.15) is 0 Å². The minimum absolute atomic E-state index is 0.612. The summed E-state index contributed by atoms with van der Waals surface area (Å²) in [5.41, 5.74) is 2.65. The SMILES string of the molecule is O/N=C(/Cc1ccccc1)c1ccncc1. The lowest BCUT2D eigenvalue weighted by Crippen LogP contribution is -2.05. The van der Waals surface area contributed by atoms with Crippen LogP contribution >= 0.6 is 0 Å². The summed E-state index contributed by atoms with van der Waals surface area (Å²) >= 11 is 0. The molecule has 0 aliphatic rings. The predicted octanol–water partition coefficient (Wildman–Crippen LogP) is 2.50. The van der Waals surface area contributed by atoms with Crippen LogP contribution in [0.4, 0.5) is 0 Å². The second kappa shape index (κ2) is 5.07. The summed E-state index contributed by atoms with van der Waals surface area (Å²) in [5, 5.41) is 12.4. The predicted molar refractivity (Wildman–Crippen MR) is 62.7 cm³/mol. The van der Waals surface area contributed by atoms with Gasteiger partial charge in [-0.25, -0.2) is 0 Å². The van der Waals surface area contributed by atoms with Gasteiger partial charge in [-0.3, -0.25) is 4.98 Å². The number of pyridine rings is 1. The van der Waals surface area contributed by atoms with E-state index in [1.807, 2.05) is 42.5 Å². The van der Waals surface area contributed by atoms with Crippen molar-refractivity contribution in [2.45, 2.75) is 6.42 Å². The monoisotopic (exact) mass is 212 g/mol. The summed E-state index contributed by atoms with van der Waals surface area (Å²) in [6.07, 6.45) is 3.98. The fraction of sp³-hybridized carbons (Fsp3) is 0.0769. The largest absolute Gasteiger partial charge is 0.411 e. The van der Waals surface area contributed by atoms with Crippen molar-refractivity contribution in [3.63, 3.8) is 0 Å². The molecule has 16 heavy (non-hydrogen) atoms. The van der Waals surface area contributed by atoms with E-state index in [1.165, 1.54) is 0 Å². The molecule has 0 amide bonds. The van der Waals surface area contributed by atoms with Crippen molar-refractivity contribution in [3.8, 4) is 0 Å². The fourth-order valence-electron chi connectivity index (χ4n) is 1.53. The molecule has 0 atom stereocenters. The number of benzene rings is 1. The van der Waals surface area contributed by atoms with Gasteiger partial charge in [-0.1, -0.05) is 35.5 Å². The molecule has 3 nitrogen and oxygen atoms in total. The second-order valence-electron chi connectivity index (χ2n) is 3.44. The molecule has 0 aliphatic heterocycles. The minimum Gasteiger partial charge on any atom is -0.411 e. The topological polar surface area (TPSA) is 45.5 Å². The van der Waals surface area contributed by atoms with Crippen molar-refractivity contribution in [2.24, 2.45) is 5.16 Å². The zero-order chi connectivity index (χ0) is 11.2. The Bertz CT molecular complexity index is 466. The zero-order valence-corrected chi connectivity index (χ0v) is 8.74. The van der Waals surface area contributed by atoms with Crippen molar-refractivity contribution in [1.29, 1.82) is 0 Å². The van der Waals surface area contributed by atoms with E-state index >= 15 is 0 Å². The quantitative estimate of drug-likeness (QED) is 0.482. The molecular weight excluding hydrogens is 200 g/mol. The van der Waals surface area contributed by atoms with E-state index in [9.17, 15) is 0 Å². The first-order valence-corrected chi connectivity index (χ1v) is 5.05. The number of rotatable bonds is 3. The average Bonchev–Trinajstić information content (AvgIpc) is 2.38. The number of oxime groups is 1. The van der Waals surface area contributed by atoms with Crippen molar-refractivity contribution in [2.75, 3.05) is 0 Å². The average molecular weight is 212 g/mol. The first-order valence-electron chi connectivity index (χ1n) is 5.05. The van der Waals surface area contributed by atoms with Gasteiger partial charge in [0.25, 0.3) is 0 Å². The third-order valence-electron chi connectivity index (χ3n) is 2.35. The Morgan fingerprint density at radius 2 is 1.75 bits per heavy atom. The molecular formula is C13H12N2O. The Morgan fingerprint density at radius 1 is 1.06 bits per heavy atom. The molecule has 2 aromatic rings. The first kappa shape index (κ1) is 10.4. The Balaban J connectivity index is 2.20. The molecule has 0 aliphatic carbocycles. The van der Waals surface area contributed by atoms with Crippen LogP contribution in [0.1, 0.15) is 11.1 Å². The number of aromatic nitrogens is 1. The molecule has 0 saturated carbocycles. The number of nitrogens with zero attached hydrogens (tertiary/aromatic N) is 2. The normalized spacial score (nSPS) is 11.4. The van der Waals surface area contributed by atoms with E-state index in [0.717, 1.165) is 11.1 Å². The van der Waals surface area contributed by atoms with Gasteiger partial charge in [0, 0.05) is 24.4 Å². The van der Waals surface area contributed by atoms with Crippen LogP contribution in [-0.2, 0) is 6.42 Å². The Labute approximate surface area is 94.1 Å². The molecule has 2 rings (SSSR count). The van der Waals surface area contributed by atoms with Crippen molar-refractivity contribution in [3.05, 3.63) is 66.0 Å². The fourth-order valence-corrected chi connectivity index (χ4v) is 1.53. The highest BCUT2D eigenvalue weighted by atomic mass is 16.4. The van der Waals surface area contributed by atoms with Crippen LogP contribution in [0.5, 0.6) is 0 Å². The van der Waals surface area contributed by atoms with Crippen LogP contribution in [0.3, 0.4) is 0 Å². The van der Waals surface area contributed by atoms with Gasteiger partial charge >= 0.3 is 0 Å². The van der Waals surface area contributed by atoms with E-state index < -0.39 is 0 Å². The van der Waals surface area contributed by atoms with Crippen LogP contribution in [-0.4, -0.2) is 15.9 Å². The maximum atomic E-state index is 9.01. The van der Waals surface area contributed by atoms with E-state index in [0.29, 0.717) is 12.1 Å². The first-order chi connectivity index (χ1) is 7.90. The van der Waals surface area contributed by atoms with E-state index in [-0.39, 0.29) is 0 Å². The second-order valence-corrected chi connectivity index (χ2v) is 3.44. The van der Waals surface area contributed by atoms with Crippen LogP contribution in [0.2, 0.25) is 0 Å². The summed E-state index contributed by atoms with van der Waals surface area (Å²) in [6, 6.07) is 13.6. The molecule has 1 heterocycles. The van der Waals surface area contributed by atoms with Crippen molar-refractivity contribution < 1.29 is 5.21 Å². The molecule has 0 unspecified atom stereocenters. The van der Waals surface area contributed by atoms with Gasteiger partial charge in [0.2, 0.25) is 0 Å². The van der Waals surface area contributed by atoms with Gasteiger partial charge in [-0.05, 0) is 17.7 Å². The summed E-state index contributed by atoms with van der Waals surface area (Å²) in [5.74, 6) is 0. The van der Waals surface area contributed by atoms with Gasteiger partial charge in [-0.2, -0.15) is 0 Å². The van der Waals surface area contributed by atoms with E-state index in [2.05, 4.69) is 10.1 Å². The third kappa shape index (κ3) is 2.45. The van der Waals surface area contributed by atoms with Gasteiger partial charge in [-0.15, -0.1) is 0 Å². The molecule has 0 radical (unpaired) electrons. The van der Waals surface area contributed by atoms with Crippen molar-refractivity contribution in [1.82, 2.24) is 4.98 Å². The van der Waals surface area contributed by atoms with E-state index in [4.69, 9.17) is 5.21 Å². The Kier molecular flexibility index (Phi) is 3.28. The molecule has 3 heteroatoms. The summed E-state index contributed by atoms with van der Waals surface area (Å²) in [6.45, 7) is 0. The summed E-state index contributed by atoms with van der Waals surface area (Å²) < 4.78 is 0. The summed E-state index contributed by atoms with van der Waals surface area (Å²) in [7, 11) is 0. The van der Waals surface area contributed by atoms with E-state index in [1.54, 1.807) is 12.4 Å². The van der Waals surface area contributed by atoms with Crippen LogP contribution in [0.15, 0.2) is 60.0 Å². The van der Waals surface area contributed by atoms with Gasteiger partial charge in [0.05, 0.1) is 5.71 Å². The maximum absolute atomic E-state index is 9.01. The number of hydrogen-bond acceptors (Lipinski definition) is 3. The smallest absolute Gasteiger partial charge is 0.0912 e. The zero-order valence-electron chi connectivity index (χ0n) is 8.74. The lowest BCUT2D eigenvalue weighted by atomic mass is 10.0. The van der Waals surface area contributed by atoms with Gasteiger partial charge < -0.3 is 5.21 Å². The number of hydrogen-bond donors (Lipinski definition) is 1. The van der Waals surface area contributed by atoms with Crippen molar-refractivity contribution >= 4 is 5.71 Å². The minimum atomic E-state index is 0.612. The third-order valence-corrected chi connectivity index (χ3v) is 2.35. The highest BCUT2D eigenvalue weighted by molar-refractivity contribution is 6.01. The molecule has 0 fully saturated rings. The lowest BCUT2D eigenvalue weighted by molar-refractivity contribution is 0.318. The van der Waals surface area contributed by atoms with Gasteiger partial charge in [0.15, 0.2) is 0 Å². The molecule has 80 valence electrons. The Hall–Kier alpha value is -2.16. The highest BCUT2D eigenvalue weighted by Crippen LogP contribution is 2.07. The summed E-state index contributed by atoms with van der Waals surface area (Å²) in [4.78, 5) is 3.93. The molecule has 1 aromatic carbocycles. The van der Waals surface area contributed by atoms with Crippen LogP contribution < -0.4 is 0 Å². The Morgan fingerprint density at radius 3 is 2.38 bits per heavy atom. The van der Waals surface area contributed by atoms with Crippen LogP contribution in [0, 0.1) is 0 Å². The molecule has 1 N–H and O–H groups in total. The molecule has 0 saturated heterocycles. The lowest BCUT2D eigenvalue weighted by Gasteiger charge is -2.04. The van der Waals surface area contributed by atoms with Crippen LogP contribution in [0.25, 0.3) is 0 Å². The maximum Gasteiger partial charge on any atom is 0.0912 e.